The van der Waals surface area contributed by atoms with Crippen molar-refractivity contribution >= 4 is 5.97 Å². The van der Waals surface area contributed by atoms with Gasteiger partial charge in [0.15, 0.2) is 0 Å². The topological polar surface area (TPSA) is 49.3 Å². The number of aliphatic carboxylic acids is 1. The van der Waals surface area contributed by atoms with Crippen LogP contribution in [0.5, 0.6) is 0 Å². The van der Waals surface area contributed by atoms with E-state index in [1.807, 2.05) is 91.0 Å². The first kappa shape index (κ1) is 16.5. The first-order valence-electron chi connectivity index (χ1n) is 8.01. The lowest BCUT2D eigenvalue weighted by Crippen LogP contribution is -2.45. The van der Waals surface area contributed by atoms with E-state index in [4.69, 9.17) is 0 Å². The van der Waals surface area contributed by atoms with Crippen molar-refractivity contribution in [1.82, 2.24) is 5.32 Å². The van der Waals surface area contributed by atoms with E-state index >= 15 is 0 Å². The van der Waals surface area contributed by atoms with Gasteiger partial charge in [-0.05, 0) is 16.7 Å². The van der Waals surface area contributed by atoms with E-state index in [9.17, 15) is 9.90 Å². The van der Waals surface area contributed by atoms with E-state index in [1.165, 1.54) is 0 Å². The first-order chi connectivity index (χ1) is 12.1. The molecule has 3 aromatic carbocycles. The third-order valence-corrected chi connectivity index (χ3v) is 4.22. The van der Waals surface area contributed by atoms with Crippen molar-refractivity contribution in [2.24, 2.45) is 0 Å². The van der Waals surface area contributed by atoms with Crippen molar-refractivity contribution in [3.63, 3.8) is 0 Å². The van der Waals surface area contributed by atoms with Gasteiger partial charge in [0.05, 0.1) is 0 Å². The third-order valence-electron chi connectivity index (χ3n) is 4.22. The average Bonchev–Trinajstić information content (AvgIpc) is 2.68. The third kappa shape index (κ3) is 3.17. The summed E-state index contributed by atoms with van der Waals surface area (Å²) in [7, 11) is 0. The SMILES string of the molecule is C=C(NC(c1ccccc1)(c1ccccc1)c1ccccc1)C(=O)O. The Labute approximate surface area is 147 Å². The van der Waals surface area contributed by atoms with Gasteiger partial charge in [0.1, 0.15) is 11.2 Å². The molecule has 0 unspecified atom stereocenters. The van der Waals surface area contributed by atoms with Crippen LogP contribution in [0.2, 0.25) is 0 Å². The molecule has 0 spiro atoms. The van der Waals surface area contributed by atoms with Crippen molar-refractivity contribution in [3.05, 3.63) is 120 Å². The Balaban J connectivity index is 2.31. The summed E-state index contributed by atoms with van der Waals surface area (Å²) in [5.74, 6) is -1.08. The van der Waals surface area contributed by atoms with Crippen molar-refractivity contribution in [3.8, 4) is 0 Å². The van der Waals surface area contributed by atoms with Gasteiger partial charge in [-0.25, -0.2) is 4.79 Å². The summed E-state index contributed by atoms with van der Waals surface area (Å²) in [6.45, 7) is 3.70. The molecular formula is C22H19NO2. The maximum Gasteiger partial charge on any atom is 0.351 e. The van der Waals surface area contributed by atoms with Gasteiger partial charge < -0.3 is 10.4 Å². The molecular weight excluding hydrogens is 310 g/mol. The van der Waals surface area contributed by atoms with Gasteiger partial charge in [-0.15, -0.1) is 0 Å². The number of hydrogen-bond donors (Lipinski definition) is 2. The minimum Gasteiger partial charge on any atom is -0.477 e. The molecule has 0 saturated heterocycles. The van der Waals surface area contributed by atoms with Crippen molar-refractivity contribution < 1.29 is 9.90 Å². The van der Waals surface area contributed by atoms with Gasteiger partial charge in [-0.3, -0.25) is 0 Å². The van der Waals surface area contributed by atoms with Gasteiger partial charge >= 0.3 is 5.97 Å². The van der Waals surface area contributed by atoms with Crippen LogP contribution in [0.3, 0.4) is 0 Å². The van der Waals surface area contributed by atoms with Gasteiger partial charge in [0.25, 0.3) is 0 Å². The van der Waals surface area contributed by atoms with Crippen LogP contribution in [0.4, 0.5) is 0 Å². The molecule has 3 nitrogen and oxygen atoms in total. The van der Waals surface area contributed by atoms with Gasteiger partial charge in [-0.1, -0.05) is 97.6 Å². The zero-order valence-electron chi connectivity index (χ0n) is 13.7. The number of carboxylic acid groups (broad SMARTS) is 1. The van der Waals surface area contributed by atoms with E-state index < -0.39 is 11.5 Å². The molecule has 0 radical (unpaired) electrons. The predicted molar refractivity (Wildman–Crippen MR) is 99.1 cm³/mol. The average molecular weight is 329 g/mol. The second kappa shape index (κ2) is 7.05. The van der Waals surface area contributed by atoms with E-state index in [-0.39, 0.29) is 5.70 Å². The monoisotopic (exact) mass is 329 g/mol. The van der Waals surface area contributed by atoms with E-state index in [0.717, 1.165) is 16.7 Å². The zero-order valence-corrected chi connectivity index (χ0v) is 13.7. The minimum atomic E-state index is -1.08. The standard InChI is InChI=1S/C22H19NO2/c1-17(21(24)25)23-22(18-11-5-2-6-12-18,19-13-7-3-8-14-19)20-15-9-4-10-16-20/h2-16,23H,1H2,(H,24,25). The highest BCUT2D eigenvalue weighted by Crippen LogP contribution is 2.37. The Kier molecular flexibility index (Phi) is 4.66. The second-order valence-corrected chi connectivity index (χ2v) is 5.76. The van der Waals surface area contributed by atoms with Crippen molar-refractivity contribution in [2.45, 2.75) is 5.54 Å². The molecule has 3 aromatic rings. The lowest BCUT2D eigenvalue weighted by Gasteiger charge is -2.37. The molecule has 124 valence electrons. The minimum absolute atomic E-state index is 0.0587. The number of nitrogens with one attached hydrogen (secondary N) is 1. The Hall–Kier alpha value is -3.33. The van der Waals surface area contributed by atoms with Gasteiger partial charge in [-0.2, -0.15) is 0 Å². The Morgan fingerprint density at radius 3 is 1.32 bits per heavy atom. The molecule has 25 heavy (non-hydrogen) atoms. The van der Waals surface area contributed by atoms with Crippen LogP contribution >= 0.6 is 0 Å². The number of rotatable bonds is 6. The molecule has 0 fully saturated rings. The Morgan fingerprint density at radius 2 is 1.04 bits per heavy atom. The molecule has 0 heterocycles. The number of carboxylic acids is 1. The van der Waals surface area contributed by atoms with E-state index in [0.29, 0.717) is 0 Å². The molecule has 0 saturated carbocycles. The highest BCUT2D eigenvalue weighted by molar-refractivity contribution is 5.85. The summed E-state index contributed by atoms with van der Waals surface area (Å²) in [5.41, 5.74) is 1.91. The van der Waals surface area contributed by atoms with E-state index in [2.05, 4.69) is 11.9 Å². The largest absolute Gasteiger partial charge is 0.477 e. The highest BCUT2D eigenvalue weighted by atomic mass is 16.4. The Bertz CT molecular complexity index is 762. The molecule has 3 heteroatoms. The molecule has 3 rings (SSSR count). The first-order valence-corrected chi connectivity index (χ1v) is 8.01. The lowest BCUT2D eigenvalue weighted by atomic mass is 9.77. The van der Waals surface area contributed by atoms with Gasteiger partial charge in [0.2, 0.25) is 0 Å². The van der Waals surface area contributed by atoms with Crippen molar-refractivity contribution in [1.29, 1.82) is 0 Å². The summed E-state index contributed by atoms with van der Waals surface area (Å²) >= 11 is 0. The van der Waals surface area contributed by atoms with Crippen LogP contribution in [0.15, 0.2) is 103 Å². The smallest absolute Gasteiger partial charge is 0.351 e. The van der Waals surface area contributed by atoms with Crippen LogP contribution in [0.25, 0.3) is 0 Å². The molecule has 0 aliphatic heterocycles. The van der Waals surface area contributed by atoms with E-state index in [1.54, 1.807) is 0 Å². The van der Waals surface area contributed by atoms with Crippen LogP contribution in [0, 0.1) is 0 Å². The summed E-state index contributed by atoms with van der Waals surface area (Å²) in [5, 5.41) is 12.6. The van der Waals surface area contributed by atoms with Crippen LogP contribution in [0.1, 0.15) is 16.7 Å². The molecule has 0 aliphatic rings. The van der Waals surface area contributed by atoms with Crippen LogP contribution in [-0.4, -0.2) is 11.1 Å². The van der Waals surface area contributed by atoms with Gasteiger partial charge in [0, 0.05) is 0 Å². The predicted octanol–water partition coefficient (Wildman–Crippen LogP) is 4.17. The normalized spacial score (nSPS) is 10.9. The fourth-order valence-corrected chi connectivity index (χ4v) is 3.06. The summed E-state index contributed by atoms with van der Waals surface area (Å²) in [6.07, 6.45) is 0. The zero-order chi connectivity index (χ0) is 17.7. The number of carbonyl (C=O) groups is 1. The fraction of sp³-hybridized carbons (Fsp3) is 0.0455. The van der Waals surface area contributed by atoms with Crippen molar-refractivity contribution in [2.75, 3.05) is 0 Å². The Morgan fingerprint density at radius 1 is 0.720 bits per heavy atom. The van der Waals surface area contributed by atoms with Crippen LogP contribution in [-0.2, 0) is 10.3 Å². The maximum absolute atomic E-state index is 11.5. The number of hydrogen-bond acceptors (Lipinski definition) is 2. The molecule has 0 bridgehead atoms. The molecule has 0 atom stereocenters. The summed E-state index contributed by atoms with van der Waals surface area (Å²) in [4.78, 5) is 11.5. The number of benzene rings is 3. The molecule has 0 amide bonds. The highest BCUT2D eigenvalue weighted by Gasteiger charge is 2.37. The quantitative estimate of drug-likeness (QED) is 0.527. The molecule has 0 aliphatic carbocycles. The second-order valence-electron chi connectivity index (χ2n) is 5.76. The lowest BCUT2D eigenvalue weighted by molar-refractivity contribution is -0.133. The summed E-state index contributed by atoms with van der Waals surface area (Å²) < 4.78 is 0. The molecule has 0 aromatic heterocycles. The molecule has 2 N–H and O–H groups in total. The maximum atomic E-state index is 11.5. The fourth-order valence-electron chi connectivity index (χ4n) is 3.06. The van der Waals surface area contributed by atoms with Crippen LogP contribution < -0.4 is 5.32 Å². The summed E-state index contributed by atoms with van der Waals surface area (Å²) in [6, 6.07) is 29.4.